The normalized spacial score (nSPS) is 14.7. The summed E-state index contributed by atoms with van der Waals surface area (Å²) in [4.78, 5) is 25.0. The number of para-hydroxylation sites is 1. The van der Waals surface area contributed by atoms with Crippen molar-refractivity contribution < 1.29 is 19.1 Å². The fourth-order valence-corrected chi connectivity index (χ4v) is 2.87. The smallest absolute Gasteiger partial charge is 0.415 e. The number of nitrogens with two attached hydrogens (primary N) is 1. The second kappa shape index (κ2) is 8.38. The summed E-state index contributed by atoms with van der Waals surface area (Å²) in [6.45, 7) is 1.93. The van der Waals surface area contributed by atoms with Crippen LogP contribution in [-0.2, 0) is 0 Å². The van der Waals surface area contributed by atoms with Gasteiger partial charge in [0.1, 0.15) is 11.5 Å². The van der Waals surface area contributed by atoms with Crippen LogP contribution in [0.4, 0.5) is 4.79 Å². The zero-order chi connectivity index (χ0) is 18.4. The highest BCUT2D eigenvalue weighted by atomic mass is 16.6. The molecule has 2 amide bonds. The third kappa shape index (κ3) is 4.75. The lowest BCUT2D eigenvalue weighted by atomic mass is 9.98. The van der Waals surface area contributed by atoms with Gasteiger partial charge in [0.25, 0.3) is 0 Å². The van der Waals surface area contributed by atoms with E-state index in [-0.39, 0.29) is 6.09 Å². The molecule has 1 saturated heterocycles. The number of ether oxygens (including phenoxy) is 2. The predicted octanol–water partition coefficient (Wildman–Crippen LogP) is 3.08. The summed E-state index contributed by atoms with van der Waals surface area (Å²) in [5.74, 6) is 1.18. The molecule has 0 aliphatic carbocycles. The second-order valence-corrected chi connectivity index (χ2v) is 6.31. The molecule has 2 N–H and O–H groups in total. The minimum Gasteiger partial charge on any atom is -0.493 e. The zero-order valence-electron chi connectivity index (χ0n) is 14.5. The molecule has 3 rings (SSSR count). The maximum absolute atomic E-state index is 12.3. The molecule has 1 heterocycles. The molecule has 0 radical (unpaired) electrons. The fraction of sp³-hybridized carbons (Fsp3) is 0.300. The second-order valence-electron chi connectivity index (χ2n) is 6.31. The molecular weight excluding hydrogens is 332 g/mol. The lowest BCUT2D eigenvalue weighted by Gasteiger charge is -2.31. The van der Waals surface area contributed by atoms with Crippen LogP contribution in [0, 0.1) is 5.92 Å². The van der Waals surface area contributed by atoms with Crippen molar-refractivity contribution >= 4 is 12.0 Å². The van der Waals surface area contributed by atoms with Crippen molar-refractivity contribution in [3.63, 3.8) is 0 Å². The van der Waals surface area contributed by atoms with Crippen LogP contribution in [0.2, 0.25) is 0 Å². The van der Waals surface area contributed by atoms with Crippen LogP contribution in [0.5, 0.6) is 11.5 Å². The highest BCUT2D eigenvalue weighted by Gasteiger charge is 2.24. The van der Waals surface area contributed by atoms with Crippen LogP contribution < -0.4 is 15.2 Å². The Morgan fingerprint density at radius 3 is 2.23 bits per heavy atom. The zero-order valence-corrected chi connectivity index (χ0v) is 14.5. The molecule has 0 aromatic heterocycles. The van der Waals surface area contributed by atoms with E-state index < -0.39 is 5.91 Å². The van der Waals surface area contributed by atoms with Crippen LogP contribution in [-0.4, -0.2) is 36.6 Å². The highest BCUT2D eigenvalue weighted by molar-refractivity contribution is 5.92. The number of rotatable bonds is 5. The Labute approximate surface area is 152 Å². The van der Waals surface area contributed by atoms with E-state index in [9.17, 15) is 9.59 Å². The first-order chi connectivity index (χ1) is 12.6. The number of carbonyl (C=O) groups excluding carboxylic acids is 2. The molecule has 26 heavy (non-hydrogen) atoms. The van der Waals surface area contributed by atoms with Gasteiger partial charge in [0, 0.05) is 18.7 Å². The molecule has 2 aromatic rings. The van der Waals surface area contributed by atoms with E-state index in [1.165, 1.54) is 12.1 Å². The lowest BCUT2D eigenvalue weighted by Crippen LogP contribution is -2.41. The standard InChI is InChI=1S/C20H22N2O4/c21-19(23)16-6-8-18(9-7-16)26-20(24)22-12-10-15(11-13-22)14-25-17-4-2-1-3-5-17/h1-9,15H,10-14H2,(H2,21,23). The van der Waals surface area contributed by atoms with Crippen LogP contribution in [0.1, 0.15) is 23.2 Å². The van der Waals surface area contributed by atoms with E-state index in [1.54, 1.807) is 17.0 Å². The Hall–Kier alpha value is -3.02. The van der Waals surface area contributed by atoms with E-state index in [1.807, 2.05) is 30.3 Å². The number of benzene rings is 2. The van der Waals surface area contributed by atoms with E-state index in [0.717, 1.165) is 18.6 Å². The number of primary amides is 1. The van der Waals surface area contributed by atoms with Crippen LogP contribution >= 0.6 is 0 Å². The molecule has 1 aliphatic heterocycles. The van der Waals surface area contributed by atoms with E-state index in [0.29, 0.717) is 36.9 Å². The first kappa shape index (κ1) is 17.8. The van der Waals surface area contributed by atoms with Crippen LogP contribution in [0.15, 0.2) is 54.6 Å². The fourth-order valence-electron chi connectivity index (χ4n) is 2.87. The van der Waals surface area contributed by atoms with Crippen molar-refractivity contribution in [2.75, 3.05) is 19.7 Å². The largest absolute Gasteiger partial charge is 0.493 e. The van der Waals surface area contributed by atoms with Gasteiger partial charge in [0.05, 0.1) is 6.61 Å². The van der Waals surface area contributed by atoms with Crippen LogP contribution in [0.25, 0.3) is 0 Å². The molecule has 2 aromatic carbocycles. The van der Waals surface area contributed by atoms with E-state index in [2.05, 4.69) is 0 Å². The van der Waals surface area contributed by atoms with Crippen molar-refractivity contribution in [2.45, 2.75) is 12.8 Å². The Morgan fingerprint density at radius 1 is 0.962 bits per heavy atom. The molecule has 0 unspecified atom stereocenters. The topological polar surface area (TPSA) is 81.9 Å². The van der Waals surface area contributed by atoms with Crippen molar-refractivity contribution in [1.82, 2.24) is 4.90 Å². The van der Waals surface area contributed by atoms with Gasteiger partial charge in [-0.15, -0.1) is 0 Å². The molecule has 6 nitrogen and oxygen atoms in total. The number of hydrogen-bond donors (Lipinski definition) is 1. The minimum absolute atomic E-state index is 0.376. The summed E-state index contributed by atoms with van der Waals surface area (Å²) in [6, 6.07) is 15.9. The highest BCUT2D eigenvalue weighted by Crippen LogP contribution is 2.21. The van der Waals surface area contributed by atoms with Crippen molar-refractivity contribution in [1.29, 1.82) is 0 Å². The summed E-state index contributed by atoms with van der Waals surface area (Å²) >= 11 is 0. The maximum atomic E-state index is 12.3. The molecule has 0 bridgehead atoms. The van der Waals surface area contributed by atoms with Crippen molar-refractivity contribution in [3.8, 4) is 11.5 Å². The molecule has 0 atom stereocenters. The van der Waals surface area contributed by atoms with E-state index >= 15 is 0 Å². The third-order valence-electron chi connectivity index (χ3n) is 4.45. The molecule has 0 spiro atoms. The third-order valence-corrected chi connectivity index (χ3v) is 4.45. The van der Waals surface area contributed by atoms with Gasteiger partial charge in [-0.05, 0) is 55.2 Å². The van der Waals surface area contributed by atoms with Gasteiger partial charge in [0.2, 0.25) is 5.91 Å². The van der Waals surface area contributed by atoms with Gasteiger partial charge in [-0.1, -0.05) is 18.2 Å². The molecule has 1 fully saturated rings. The van der Waals surface area contributed by atoms with Crippen molar-refractivity contribution in [2.24, 2.45) is 11.7 Å². The van der Waals surface area contributed by atoms with E-state index in [4.69, 9.17) is 15.2 Å². The van der Waals surface area contributed by atoms with Crippen molar-refractivity contribution in [3.05, 3.63) is 60.2 Å². The predicted molar refractivity (Wildman–Crippen MR) is 97.2 cm³/mol. The SMILES string of the molecule is NC(=O)c1ccc(OC(=O)N2CCC(COc3ccccc3)CC2)cc1. The quantitative estimate of drug-likeness (QED) is 0.894. The first-order valence-electron chi connectivity index (χ1n) is 8.66. The van der Waals surface area contributed by atoms with Crippen LogP contribution in [0.3, 0.4) is 0 Å². The maximum Gasteiger partial charge on any atom is 0.415 e. The van der Waals surface area contributed by atoms with Gasteiger partial charge < -0.3 is 20.1 Å². The number of likely N-dealkylation sites (tertiary alicyclic amines) is 1. The average Bonchev–Trinajstić information content (AvgIpc) is 2.68. The molecule has 6 heteroatoms. The first-order valence-corrected chi connectivity index (χ1v) is 8.66. The summed E-state index contributed by atoms with van der Waals surface area (Å²) in [5, 5.41) is 0. The summed E-state index contributed by atoms with van der Waals surface area (Å²) in [5.41, 5.74) is 5.57. The number of piperidine rings is 1. The number of amides is 2. The Morgan fingerprint density at radius 2 is 1.62 bits per heavy atom. The minimum atomic E-state index is -0.511. The molecular formula is C20H22N2O4. The van der Waals surface area contributed by atoms with Gasteiger partial charge in [0.15, 0.2) is 0 Å². The summed E-state index contributed by atoms with van der Waals surface area (Å²) < 4.78 is 11.2. The van der Waals surface area contributed by atoms with Gasteiger partial charge >= 0.3 is 6.09 Å². The Balaban J connectivity index is 1.43. The summed E-state index contributed by atoms with van der Waals surface area (Å²) in [6.07, 6.45) is 1.38. The lowest BCUT2D eigenvalue weighted by molar-refractivity contribution is 0.100. The Bertz CT molecular complexity index is 738. The number of carbonyl (C=O) groups is 2. The average molecular weight is 354 g/mol. The molecule has 1 aliphatic rings. The molecule has 0 saturated carbocycles. The Kier molecular flexibility index (Phi) is 5.73. The number of nitrogens with zero attached hydrogens (tertiary/aromatic N) is 1. The van der Waals surface area contributed by atoms with Gasteiger partial charge in [-0.2, -0.15) is 0 Å². The summed E-state index contributed by atoms with van der Waals surface area (Å²) in [7, 11) is 0. The monoisotopic (exact) mass is 354 g/mol. The molecule has 136 valence electrons. The number of hydrogen-bond acceptors (Lipinski definition) is 4. The van der Waals surface area contributed by atoms with Gasteiger partial charge in [-0.25, -0.2) is 4.79 Å². The van der Waals surface area contributed by atoms with Gasteiger partial charge in [-0.3, -0.25) is 4.79 Å².